The van der Waals surface area contributed by atoms with Crippen LogP contribution in [0.25, 0.3) is 10.9 Å². The van der Waals surface area contributed by atoms with Crippen molar-refractivity contribution in [2.45, 2.75) is 0 Å². The van der Waals surface area contributed by atoms with Crippen molar-refractivity contribution in [2.24, 2.45) is 0 Å². The van der Waals surface area contributed by atoms with Crippen molar-refractivity contribution < 1.29 is 14.3 Å². The molecule has 0 aliphatic rings. The molecule has 3 N–H and O–H groups in total. The van der Waals surface area contributed by atoms with E-state index in [0.29, 0.717) is 10.9 Å². The van der Waals surface area contributed by atoms with Crippen LogP contribution >= 0.6 is 0 Å². The van der Waals surface area contributed by atoms with E-state index in [1.807, 2.05) is 0 Å². The van der Waals surface area contributed by atoms with Gasteiger partial charge in [-0.3, -0.25) is 25.2 Å². The van der Waals surface area contributed by atoms with Gasteiger partial charge in [0.15, 0.2) is 0 Å². The molecule has 2 amide bonds. The second kappa shape index (κ2) is 5.98. The Morgan fingerprint density at radius 3 is 2.75 bits per heavy atom. The summed E-state index contributed by atoms with van der Waals surface area (Å²) in [6, 6.07) is 6.84. The van der Waals surface area contributed by atoms with Gasteiger partial charge in [-0.25, -0.2) is 0 Å². The Morgan fingerprint density at radius 1 is 1.25 bits per heavy atom. The monoisotopic (exact) mass is 275 g/mol. The summed E-state index contributed by atoms with van der Waals surface area (Å²) in [5, 5.41) is 0.406. The Hall–Kier alpha value is -2.67. The number of carbonyl (C=O) groups excluding carboxylic acids is 2. The van der Waals surface area contributed by atoms with Crippen LogP contribution in [0.2, 0.25) is 0 Å². The summed E-state index contributed by atoms with van der Waals surface area (Å²) in [7, 11) is 1.36. The molecule has 1 aromatic heterocycles. The van der Waals surface area contributed by atoms with Crippen LogP contribution in [0.15, 0.2) is 35.3 Å². The van der Waals surface area contributed by atoms with Crippen LogP contribution in [0.4, 0.5) is 0 Å². The first kappa shape index (κ1) is 13.8. The van der Waals surface area contributed by atoms with Gasteiger partial charge in [-0.2, -0.15) is 0 Å². The Morgan fingerprint density at radius 2 is 2.00 bits per heavy atom. The predicted molar refractivity (Wildman–Crippen MR) is 72.1 cm³/mol. The molecule has 0 saturated heterocycles. The molecule has 1 heterocycles. The van der Waals surface area contributed by atoms with Crippen LogP contribution in [-0.4, -0.2) is 30.5 Å². The van der Waals surface area contributed by atoms with E-state index in [9.17, 15) is 14.4 Å². The number of aromatic amines is 1. The highest BCUT2D eigenvalue weighted by Crippen LogP contribution is 2.06. The molecule has 0 saturated carbocycles. The van der Waals surface area contributed by atoms with Crippen LogP contribution in [0, 0.1) is 0 Å². The first-order valence-electron chi connectivity index (χ1n) is 5.82. The van der Waals surface area contributed by atoms with Gasteiger partial charge in [0.1, 0.15) is 12.2 Å². The second-order valence-electron chi connectivity index (χ2n) is 4.01. The lowest BCUT2D eigenvalue weighted by molar-refractivity contribution is -0.125. The summed E-state index contributed by atoms with van der Waals surface area (Å²) in [6.45, 7) is -0.186. The average Bonchev–Trinajstić information content (AvgIpc) is 2.46. The molecule has 0 unspecified atom stereocenters. The van der Waals surface area contributed by atoms with E-state index in [-0.39, 0.29) is 12.2 Å². The molecule has 104 valence electrons. The molecule has 0 fully saturated rings. The number of para-hydroxylation sites is 1. The van der Waals surface area contributed by atoms with E-state index in [4.69, 9.17) is 0 Å². The molecule has 0 atom stereocenters. The van der Waals surface area contributed by atoms with Crippen molar-refractivity contribution in [1.29, 1.82) is 0 Å². The summed E-state index contributed by atoms with van der Waals surface area (Å²) in [4.78, 5) is 37.9. The zero-order valence-electron chi connectivity index (χ0n) is 10.7. The maximum atomic E-state index is 12.1. The van der Waals surface area contributed by atoms with Crippen molar-refractivity contribution >= 4 is 22.7 Å². The number of carbonyl (C=O) groups is 2. The Kier molecular flexibility index (Phi) is 4.11. The number of amides is 2. The predicted octanol–water partition coefficient (Wildman–Crippen LogP) is -0.0645. The number of fused-ring (bicyclic) bond motifs is 1. The van der Waals surface area contributed by atoms with Gasteiger partial charge in [0.05, 0.1) is 0 Å². The number of pyridine rings is 1. The molecule has 0 aliphatic carbocycles. The van der Waals surface area contributed by atoms with Gasteiger partial charge < -0.3 is 9.72 Å². The normalized spacial score (nSPS) is 10.2. The quantitative estimate of drug-likeness (QED) is 0.683. The fourth-order valence-corrected chi connectivity index (χ4v) is 1.70. The van der Waals surface area contributed by atoms with Crippen molar-refractivity contribution in [1.82, 2.24) is 15.8 Å². The van der Waals surface area contributed by atoms with Crippen LogP contribution in [0.3, 0.4) is 0 Å². The minimum absolute atomic E-state index is 0.0820. The lowest BCUT2D eigenvalue weighted by Crippen LogP contribution is -2.44. The number of nitrogens with one attached hydrogen (secondary N) is 3. The van der Waals surface area contributed by atoms with E-state index in [1.165, 1.54) is 13.3 Å². The molecule has 7 heteroatoms. The Bertz CT molecular complexity index is 708. The van der Waals surface area contributed by atoms with Crippen molar-refractivity contribution in [2.75, 3.05) is 13.7 Å². The average molecular weight is 275 g/mol. The molecular weight excluding hydrogens is 262 g/mol. The van der Waals surface area contributed by atoms with Gasteiger partial charge in [0, 0.05) is 24.2 Å². The molecule has 2 rings (SSSR count). The third-order valence-electron chi connectivity index (χ3n) is 2.62. The van der Waals surface area contributed by atoms with Gasteiger partial charge in [-0.05, 0) is 12.1 Å². The summed E-state index contributed by atoms with van der Waals surface area (Å²) >= 11 is 0. The molecule has 0 aliphatic heterocycles. The molecular formula is C13H13N3O4. The molecule has 0 bridgehead atoms. The van der Waals surface area contributed by atoms with E-state index >= 15 is 0 Å². The number of ether oxygens (including phenoxy) is 1. The molecule has 1 aromatic carbocycles. The molecule has 7 nitrogen and oxygen atoms in total. The third-order valence-corrected chi connectivity index (χ3v) is 2.62. The van der Waals surface area contributed by atoms with Gasteiger partial charge in [0.2, 0.25) is 5.43 Å². The number of H-pyrrole nitrogens is 1. The number of rotatable bonds is 3. The lowest BCUT2D eigenvalue weighted by Gasteiger charge is -2.07. The minimum Gasteiger partial charge on any atom is -0.375 e. The van der Waals surface area contributed by atoms with Crippen molar-refractivity contribution in [3.8, 4) is 0 Å². The Balaban J connectivity index is 2.21. The second-order valence-corrected chi connectivity index (χ2v) is 4.01. The first-order chi connectivity index (χ1) is 9.63. The molecule has 2 aromatic rings. The maximum absolute atomic E-state index is 12.1. The van der Waals surface area contributed by atoms with Crippen LogP contribution < -0.4 is 16.3 Å². The largest absolute Gasteiger partial charge is 0.375 e. The van der Waals surface area contributed by atoms with E-state index in [1.54, 1.807) is 24.3 Å². The van der Waals surface area contributed by atoms with Crippen LogP contribution in [0.5, 0.6) is 0 Å². The smallest absolute Gasteiger partial charge is 0.275 e. The number of aromatic nitrogens is 1. The fourth-order valence-electron chi connectivity index (χ4n) is 1.70. The SMILES string of the molecule is COCC(=O)NNC(=O)c1c[nH]c2ccccc2c1=O. The van der Waals surface area contributed by atoms with Gasteiger partial charge in [0.25, 0.3) is 11.8 Å². The highest BCUT2D eigenvalue weighted by Gasteiger charge is 2.13. The van der Waals surface area contributed by atoms with E-state index in [0.717, 1.165) is 0 Å². The van der Waals surface area contributed by atoms with Gasteiger partial charge >= 0.3 is 0 Å². The molecule has 0 spiro atoms. The zero-order valence-corrected chi connectivity index (χ0v) is 10.7. The lowest BCUT2D eigenvalue weighted by atomic mass is 10.1. The van der Waals surface area contributed by atoms with Gasteiger partial charge in [-0.1, -0.05) is 12.1 Å². The third kappa shape index (κ3) is 2.83. The standard InChI is InChI=1S/C13H13N3O4/c1-20-7-11(17)15-16-13(19)9-6-14-10-5-3-2-4-8(10)12(9)18/h2-6H,7H2,1H3,(H,14,18)(H,15,17)(H,16,19). The highest BCUT2D eigenvalue weighted by molar-refractivity contribution is 5.97. The van der Waals surface area contributed by atoms with Crippen molar-refractivity contribution in [3.63, 3.8) is 0 Å². The molecule has 20 heavy (non-hydrogen) atoms. The highest BCUT2D eigenvalue weighted by atomic mass is 16.5. The molecule has 0 radical (unpaired) electrons. The number of hydrogen-bond donors (Lipinski definition) is 3. The minimum atomic E-state index is -0.693. The number of hydrogen-bond acceptors (Lipinski definition) is 4. The van der Waals surface area contributed by atoms with Crippen molar-refractivity contribution in [3.05, 3.63) is 46.2 Å². The van der Waals surface area contributed by atoms with Crippen LogP contribution in [-0.2, 0) is 9.53 Å². The van der Waals surface area contributed by atoms with E-state index < -0.39 is 17.2 Å². The Labute approximate surface area is 113 Å². The zero-order chi connectivity index (χ0) is 14.5. The maximum Gasteiger partial charge on any atom is 0.275 e. The fraction of sp³-hybridized carbons (Fsp3) is 0.154. The summed E-state index contributed by atoms with van der Waals surface area (Å²) < 4.78 is 4.59. The number of hydrazine groups is 1. The topological polar surface area (TPSA) is 100 Å². The van der Waals surface area contributed by atoms with E-state index in [2.05, 4.69) is 20.6 Å². The number of methoxy groups -OCH3 is 1. The van der Waals surface area contributed by atoms with Crippen LogP contribution in [0.1, 0.15) is 10.4 Å². The van der Waals surface area contributed by atoms with Gasteiger partial charge in [-0.15, -0.1) is 0 Å². The number of benzene rings is 1. The summed E-state index contributed by atoms with van der Waals surface area (Å²) in [5.41, 5.74) is 4.44. The summed E-state index contributed by atoms with van der Waals surface area (Å²) in [6.07, 6.45) is 1.31. The first-order valence-corrected chi connectivity index (χ1v) is 5.82. The summed E-state index contributed by atoms with van der Waals surface area (Å²) in [5.74, 6) is -1.21.